The Kier molecular flexibility index (Phi) is 6.61. The first-order chi connectivity index (χ1) is 8.09. The molecule has 96 valence electrons. The number of hydrogen-bond donors (Lipinski definition) is 1. The molecule has 0 heterocycles. The quantitative estimate of drug-likeness (QED) is 0.746. The van der Waals surface area contributed by atoms with Crippen LogP contribution in [0.25, 0.3) is 0 Å². The predicted molar refractivity (Wildman–Crippen MR) is 76.4 cm³/mol. The van der Waals surface area contributed by atoms with Crippen molar-refractivity contribution in [2.45, 2.75) is 52.6 Å². The average Bonchev–Trinajstić information content (AvgIpc) is 2.27. The summed E-state index contributed by atoms with van der Waals surface area (Å²) in [6.07, 6.45) is 3.86. The van der Waals surface area contributed by atoms with E-state index >= 15 is 0 Å². The molecule has 0 spiro atoms. The van der Waals surface area contributed by atoms with Crippen LogP contribution in [-0.2, 0) is 6.54 Å². The van der Waals surface area contributed by atoms with Crippen molar-refractivity contribution in [1.29, 1.82) is 0 Å². The normalized spacial score (nSPS) is 13.0. The number of nitrogens with one attached hydrogen (secondary N) is 1. The van der Waals surface area contributed by atoms with Gasteiger partial charge in [0.05, 0.1) is 0 Å². The SMILES string of the molecule is CC(C)CCCC(C)NCc1ccccc1Cl. The van der Waals surface area contributed by atoms with Crippen molar-refractivity contribution in [3.05, 3.63) is 34.9 Å². The average molecular weight is 254 g/mol. The standard InChI is InChI=1S/C15H24ClN/c1-12(2)7-6-8-13(3)17-11-14-9-4-5-10-15(14)16/h4-5,9-10,12-13,17H,6-8,11H2,1-3H3. The van der Waals surface area contributed by atoms with E-state index in [1.807, 2.05) is 18.2 Å². The third-order valence-electron chi connectivity index (χ3n) is 3.02. The van der Waals surface area contributed by atoms with Crippen molar-refractivity contribution in [3.63, 3.8) is 0 Å². The third kappa shape index (κ3) is 6.09. The number of benzene rings is 1. The fraction of sp³-hybridized carbons (Fsp3) is 0.600. The second kappa shape index (κ2) is 7.73. The van der Waals surface area contributed by atoms with Crippen LogP contribution in [0.5, 0.6) is 0 Å². The van der Waals surface area contributed by atoms with Crippen molar-refractivity contribution < 1.29 is 0 Å². The molecule has 1 aromatic rings. The van der Waals surface area contributed by atoms with Crippen LogP contribution < -0.4 is 5.32 Å². The Bertz CT molecular complexity index is 322. The maximum absolute atomic E-state index is 6.11. The predicted octanol–water partition coefficient (Wildman–Crippen LogP) is 4.64. The minimum absolute atomic E-state index is 0.560. The molecule has 0 aliphatic heterocycles. The summed E-state index contributed by atoms with van der Waals surface area (Å²) in [6.45, 7) is 7.67. The topological polar surface area (TPSA) is 12.0 Å². The lowest BCUT2D eigenvalue weighted by atomic mass is 10.0. The van der Waals surface area contributed by atoms with E-state index in [0.717, 1.165) is 17.5 Å². The van der Waals surface area contributed by atoms with Crippen LogP contribution in [-0.4, -0.2) is 6.04 Å². The molecule has 0 radical (unpaired) electrons. The molecule has 0 aromatic heterocycles. The van der Waals surface area contributed by atoms with Crippen molar-refractivity contribution in [2.75, 3.05) is 0 Å². The van der Waals surface area contributed by atoms with E-state index in [9.17, 15) is 0 Å². The molecule has 0 saturated carbocycles. The van der Waals surface area contributed by atoms with Gasteiger partial charge in [0.1, 0.15) is 0 Å². The third-order valence-corrected chi connectivity index (χ3v) is 3.39. The molecule has 0 fully saturated rings. The molecule has 0 saturated heterocycles. The highest BCUT2D eigenvalue weighted by atomic mass is 35.5. The minimum atomic E-state index is 0.560. The lowest BCUT2D eigenvalue weighted by Crippen LogP contribution is -2.25. The second-order valence-electron chi connectivity index (χ2n) is 5.20. The van der Waals surface area contributed by atoms with Gasteiger partial charge in [-0.2, -0.15) is 0 Å². The van der Waals surface area contributed by atoms with Gasteiger partial charge in [-0.1, -0.05) is 56.5 Å². The molecular formula is C15H24ClN. The van der Waals surface area contributed by atoms with Crippen molar-refractivity contribution in [3.8, 4) is 0 Å². The minimum Gasteiger partial charge on any atom is -0.310 e. The Labute approximate surface area is 111 Å². The van der Waals surface area contributed by atoms with Crippen LogP contribution >= 0.6 is 11.6 Å². The van der Waals surface area contributed by atoms with Gasteiger partial charge < -0.3 is 5.32 Å². The molecule has 17 heavy (non-hydrogen) atoms. The molecule has 0 aliphatic rings. The second-order valence-corrected chi connectivity index (χ2v) is 5.61. The van der Waals surface area contributed by atoms with E-state index in [1.54, 1.807) is 0 Å². The number of hydrogen-bond acceptors (Lipinski definition) is 1. The first-order valence-electron chi connectivity index (χ1n) is 6.56. The number of halogens is 1. The largest absolute Gasteiger partial charge is 0.310 e. The van der Waals surface area contributed by atoms with E-state index in [-0.39, 0.29) is 0 Å². The highest BCUT2D eigenvalue weighted by Gasteiger charge is 2.04. The highest BCUT2D eigenvalue weighted by molar-refractivity contribution is 6.31. The van der Waals surface area contributed by atoms with E-state index in [2.05, 4.69) is 32.2 Å². The first-order valence-corrected chi connectivity index (χ1v) is 6.94. The van der Waals surface area contributed by atoms with Gasteiger partial charge in [0.15, 0.2) is 0 Å². The summed E-state index contributed by atoms with van der Waals surface area (Å²) in [5.74, 6) is 0.811. The molecule has 1 rings (SSSR count). The molecule has 0 bridgehead atoms. The Morgan fingerprint density at radius 2 is 1.82 bits per heavy atom. The summed E-state index contributed by atoms with van der Waals surface area (Å²) >= 11 is 6.11. The Balaban J connectivity index is 2.24. The van der Waals surface area contributed by atoms with Gasteiger partial charge in [-0.3, -0.25) is 0 Å². The lowest BCUT2D eigenvalue weighted by molar-refractivity contribution is 0.457. The van der Waals surface area contributed by atoms with Crippen LogP contribution in [0.1, 0.15) is 45.6 Å². The molecule has 0 amide bonds. The Morgan fingerprint density at radius 3 is 2.47 bits per heavy atom. The van der Waals surface area contributed by atoms with Gasteiger partial charge in [-0.15, -0.1) is 0 Å². The summed E-state index contributed by atoms with van der Waals surface area (Å²) in [5.41, 5.74) is 1.19. The lowest BCUT2D eigenvalue weighted by Gasteiger charge is -2.15. The zero-order chi connectivity index (χ0) is 12.7. The van der Waals surface area contributed by atoms with E-state index < -0.39 is 0 Å². The zero-order valence-corrected chi connectivity index (χ0v) is 11.9. The molecule has 1 nitrogen and oxygen atoms in total. The monoisotopic (exact) mass is 253 g/mol. The van der Waals surface area contributed by atoms with Gasteiger partial charge in [0, 0.05) is 17.6 Å². The fourth-order valence-electron chi connectivity index (χ4n) is 1.86. The Hall–Kier alpha value is -0.530. The zero-order valence-electron chi connectivity index (χ0n) is 11.2. The maximum atomic E-state index is 6.11. The van der Waals surface area contributed by atoms with Gasteiger partial charge >= 0.3 is 0 Å². The summed E-state index contributed by atoms with van der Waals surface area (Å²) in [4.78, 5) is 0. The summed E-state index contributed by atoms with van der Waals surface area (Å²) in [6, 6.07) is 8.59. The maximum Gasteiger partial charge on any atom is 0.0450 e. The molecule has 2 heteroatoms. The molecular weight excluding hydrogens is 230 g/mol. The molecule has 1 N–H and O–H groups in total. The van der Waals surface area contributed by atoms with Crippen molar-refractivity contribution in [2.24, 2.45) is 5.92 Å². The van der Waals surface area contributed by atoms with Crippen LogP contribution in [0.15, 0.2) is 24.3 Å². The van der Waals surface area contributed by atoms with E-state index in [0.29, 0.717) is 6.04 Å². The van der Waals surface area contributed by atoms with Gasteiger partial charge in [-0.25, -0.2) is 0 Å². The van der Waals surface area contributed by atoms with Gasteiger partial charge in [-0.05, 0) is 30.9 Å². The molecule has 0 aliphatic carbocycles. The Morgan fingerprint density at radius 1 is 1.12 bits per heavy atom. The fourth-order valence-corrected chi connectivity index (χ4v) is 2.06. The van der Waals surface area contributed by atoms with Crippen LogP contribution in [0.2, 0.25) is 5.02 Å². The van der Waals surface area contributed by atoms with Crippen LogP contribution in [0.4, 0.5) is 0 Å². The summed E-state index contributed by atoms with van der Waals surface area (Å²) in [5, 5.41) is 4.38. The summed E-state index contributed by atoms with van der Waals surface area (Å²) < 4.78 is 0. The molecule has 1 aromatic carbocycles. The summed E-state index contributed by atoms with van der Waals surface area (Å²) in [7, 11) is 0. The smallest absolute Gasteiger partial charge is 0.0450 e. The number of rotatable bonds is 7. The van der Waals surface area contributed by atoms with Crippen molar-refractivity contribution in [1.82, 2.24) is 5.32 Å². The van der Waals surface area contributed by atoms with Crippen LogP contribution in [0, 0.1) is 5.92 Å². The van der Waals surface area contributed by atoms with Crippen molar-refractivity contribution >= 4 is 11.6 Å². The molecule has 1 unspecified atom stereocenters. The highest BCUT2D eigenvalue weighted by Crippen LogP contribution is 2.15. The molecule has 1 atom stereocenters. The van der Waals surface area contributed by atoms with E-state index in [4.69, 9.17) is 11.6 Å². The van der Waals surface area contributed by atoms with Crippen LogP contribution in [0.3, 0.4) is 0 Å². The van der Waals surface area contributed by atoms with Gasteiger partial charge in [0.2, 0.25) is 0 Å². The first kappa shape index (κ1) is 14.5. The van der Waals surface area contributed by atoms with E-state index in [1.165, 1.54) is 24.8 Å². The van der Waals surface area contributed by atoms with Gasteiger partial charge in [0.25, 0.3) is 0 Å².